The Kier molecular flexibility index (Phi) is 1.89. The van der Waals surface area contributed by atoms with Gasteiger partial charge in [0, 0.05) is 5.69 Å². The molecule has 1 amide bonds. The highest BCUT2D eigenvalue weighted by atomic mass is 16.1. The van der Waals surface area contributed by atoms with Crippen molar-refractivity contribution in [3.05, 3.63) is 42.0 Å². The maximum absolute atomic E-state index is 11.0. The second kappa shape index (κ2) is 3.05. The Morgan fingerprint density at radius 1 is 1.38 bits per heavy atom. The van der Waals surface area contributed by atoms with E-state index in [2.05, 4.69) is 18.0 Å². The van der Waals surface area contributed by atoms with Crippen molar-refractivity contribution in [1.82, 2.24) is 0 Å². The van der Waals surface area contributed by atoms with E-state index in [-0.39, 0.29) is 5.91 Å². The Labute approximate surface area is 77.3 Å². The van der Waals surface area contributed by atoms with Gasteiger partial charge in [-0.05, 0) is 42.2 Å². The Balaban J connectivity index is 2.17. The molecule has 1 aromatic rings. The van der Waals surface area contributed by atoms with E-state index in [1.165, 1.54) is 23.6 Å². The summed E-state index contributed by atoms with van der Waals surface area (Å²) in [7, 11) is 0. The van der Waals surface area contributed by atoms with E-state index in [9.17, 15) is 4.79 Å². The number of rotatable bonds is 2. The second-order valence-corrected chi connectivity index (χ2v) is 3.18. The molecule has 0 saturated heterocycles. The van der Waals surface area contributed by atoms with Crippen LogP contribution in [0.5, 0.6) is 0 Å². The van der Waals surface area contributed by atoms with Crippen LogP contribution in [0.3, 0.4) is 0 Å². The highest BCUT2D eigenvalue weighted by molar-refractivity contribution is 5.98. The van der Waals surface area contributed by atoms with Crippen LogP contribution >= 0.6 is 0 Å². The highest BCUT2D eigenvalue weighted by Gasteiger charge is 2.12. The summed E-state index contributed by atoms with van der Waals surface area (Å²) in [6, 6.07) is 6.02. The van der Waals surface area contributed by atoms with Gasteiger partial charge in [-0.15, -0.1) is 0 Å². The summed E-state index contributed by atoms with van der Waals surface area (Å²) in [5.74, 6) is -0.153. The van der Waals surface area contributed by atoms with Gasteiger partial charge in [-0.3, -0.25) is 4.79 Å². The van der Waals surface area contributed by atoms with Gasteiger partial charge in [0.2, 0.25) is 5.91 Å². The topological polar surface area (TPSA) is 29.1 Å². The highest BCUT2D eigenvalue weighted by Crippen LogP contribution is 2.25. The number of amides is 1. The fraction of sp³-hybridized carbons (Fsp3) is 0.182. The quantitative estimate of drug-likeness (QED) is 0.680. The van der Waals surface area contributed by atoms with Gasteiger partial charge >= 0.3 is 0 Å². The fourth-order valence-corrected chi connectivity index (χ4v) is 1.47. The molecule has 0 saturated carbocycles. The van der Waals surface area contributed by atoms with Crippen LogP contribution in [0.25, 0.3) is 0 Å². The summed E-state index contributed by atoms with van der Waals surface area (Å²) in [5, 5.41) is 2.74. The minimum absolute atomic E-state index is 0.153. The van der Waals surface area contributed by atoms with Gasteiger partial charge in [0.15, 0.2) is 0 Å². The summed E-state index contributed by atoms with van der Waals surface area (Å²) in [6.07, 6.45) is 3.58. The lowest BCUT2D eigenvalue weighted by atomic mass is 9.88. The van der Waals surface area contributed by atoms with Crippen LogP contribution in [0.1, 0.15) is 11.1 Å². The molecule has 0 aromatic heterocycles. The standard InChI is InChI=1S/C11H11NO/c1-2-11(13)12-10-6-5-8-3-4-9(8)7-10/h2,5-7H,1,3-4H2,(H,12,13). The average Bonchev–Trinajstić information content (AvgIpc) is 2.10. The average molecular weight is 173 g/mol. The van der Waals surface area contributed by atoms with E-state index in [0.717, 1.165) is 12.1 Å². The van der Waals surface area contributed by atoms with Crippen LogP contribution in [-0.2, 0) is 17.6 Å². The van der Waals surface area contributed by atoms with E-state index < -0.39 is 0 Å². The Bertz CT molecular complexity index is 368. The van der Waals surface area contributed by atoms with Gasteiger partial charge in [0.25, 0.3) is 0 Å². The molecule has 0 fully saturated rings. The molecular formula is C11H11NO. The minimum atomic E-state index is -0.153. The summed E-state index contributed by atoms with van der Waals surface area (Å²) in [6.45, 7) is 3.40. The van der Waals surface area contributed by atoms with Gasteiger partial charge in [0.1, 0.15) is 0 Å². The first-order valence-electron chi connectivity index (χ1n) is 4.35. The molecule has 13 heavy (non-hydrogen) atoms. The molecule has 0 unspecified atom stereocenters. The number of carbonyl (C=O) groups excluding carboxylic acids is 1. The predicted molar refractivity (Wildman–Crippen MR) is 52.7 cm³/mol. The Hall–Kier alpha value is -1.57. The molecule has 2 nitrogen and oxygen atoms in total. The largest absolute Gasteiger partial charge is 0.323 e. The summed E-state index contributed by atoms with van der Waals surface area (Å²) in [4.78, 5) is 11.0. The van der Waals surface area contributed by atoms with E-state index in [4.69, 9.17) is 0 Å². The molecule has 0 atom stereocenters. The molecule has 0 bridgehead atoms. The fourth-order valence-electron chi connectivity index (χ4n) is 1.47. The van der Waals surface area contributed by atoms with Crippen molar-refractivity contribution in [2.45, 2.75) is 12.8 Å². The molecule has 1 aromatic carbocycles. The van der Waals surface area contributed by atoms with Crippen molar-refractivity contribution in [2.24, 2.45) is 0 Å². The van der Waals surface area contributed by atoms with Crippen molar-refractivity contribution in [3.63, 3.8) is 0 Å². The van der Waals surface area contributed by atoms with E-state index in [1.807, 2.05) is 12.1 Å². The first-order valence-corrected chi connectivity index (χ1v) is 4.35. The smallest absolute Gasteiger partial charge is 0.247 e. The number of hydrogen-bond acceptors (Lipinski definition) is 1. The van der Waals surface area contributed by atoms with Crippen molar-refractivity contribution in [2.75, 3.05) is 5.32 Å². The van der Waals surface area contributed by atoms with E-state index in [1.54, 1.807) is 0 Å². The van der Waals surface area contributed by atoms with E-state index in [0.29, 0.717) is 0 Å². The van der Waals surface area contributed by atoms with Gasteiger partial charge in [0.05, 0.1) is 0 Å². The lowest BCUT2D eigenvalue weighted by Crippen LogP contribution is -2.11. The Morgan fingerprint density at radius 3 is 2.69 bits per heavy atom. The summed E-state index contributed by atoms with van der Waals surface area (Å²) >= 11 is 0. The molecule has 0 spiro atoms. The third-order valence-electron chi connectivity index (χ3n) is 2.32. The maximum Gasteiger partial charge on any atom is 0.247 e. The van der Waals surface area contributed by atoms with E-state index >= 15 is 0 Å². The number of fused-ring (bicyclic) bond motifs is 1. The summed E-state index contributed by atoms with van der Waals surface area (Å²) in [5.41, 5.74) is 3.61. The van der Waals surface area contributed by atoms with Crippen LogP contribution in [0.15, 0.2) is 30.9 Å². The monoisotopic (exact) mass is 173 g/mol. The predicted octanol–water partition coefficient (Wildman–Crippen LogP) is 1.91. The number of aryl methyl sites for hydroxylation is 2. The first-order chi connectivity index (χ1) is 6.29. The first kappa shape index (κ1) is 8.05. The molecular weight excluding hydrogens is 162 g/mol. The molecule has 1 aliphatic carbocycles. The van der Waals surface area contributed by atoms with Crippen LogP contribution in [-0.4, -0.2) is 5.91 Å². The zero-order valence-electron chi connectivity index (χ0n) is 7.34. The number of carbonyl (C=O) groups is 1. The number of nitrogens with one attached hydrogen (secondary N) is 1. The molecule has 0 radical (unpaired) electrons. The zero-order valence-corrected chi connectivity index (χ0v) is 7.34. The molecule has 1 aliphatic rings. The lowest BCUT2D eigenvalue weighted by Gasteiger charge is -2.19. The molecule has 2 heteroatoms. The van der Waals surface area contributed by atoms with Gasteiger partial charge in [-0.1, -0.05) is 12.6 Å². The van der Waals surface area contributed by atoms with Gasteiger partial charge in [-0.2, -0.15) is 0 Å². The second-order valence-electron chi connectivity index (χ2n) is 3.18. The SMILES string of the molecule is C=CC(=O)Nc1ccc2c(c1)CC2. The van der Waals surface area contributed by atoms with Crippen molar-refractivity contribution < 1.29 is 4.79 Å². The van der Waals surface area contributed by atoms with Crippen molar-refractivity contribution in [3.8, 4) is 0 Å². The normalized spacial score (nSPS) is 12.6. The minimum Gasteiger partial charge on any atom is -0.323 e. The number of anilines is 1. The number of hydrogen-bond donors (Lipinski definition) is 1. The third-order valence-corrected chi connectivity index (χ3v) is 2.32. The zero-order chi connectivity index (χ0) is 9.26. The number of benzene rings is 1. The lowest BCUT2D eigenvalue weighted by molar-refractivity contribution is -0.111. The maximum atomic E-state index is 11.0. The molecule has 0 aliphatic heterocycles. The van der Waals surface area contributed by atoms with Crippen LogP contribution < -0.4 is 5.32 Å². The Morgan fingerprint density at radius 2 is 2.15 bits per heavy atom. The van der Waals surface area contributed by atoms with Crippen LogP contribution in [0, 0.1) is 0 Å². The third kappa shape index (κ3) is 1.47. The van der Waals surface area contributed by atoms with Crippen molar-refractivity contribution >= 4 is 11.6 Å². The summed E-state index contributed by atoms with van der Waals surface area (Å²) < 4.78 is 0. The van der Waals surface area contributed by atoms with Gasteiger partial charge in [-0.25, -0.2) is 0 Å². The molecule has 0 heterocycles. The van der Waals surface area contributed by atoms with Crippen LogP contribution in [0.4, 0.5) is 5.69 Å². The molecule has 1 N–H and O–H groups in total. The van der Waals surface area contributed by atoms with Crippen LogP contribution in [0.2, 0.25) is 0 Å². The van der Waals surface area contributed by atoms with Crippen molar-refractivity contribution in [1.29, 1.82) is 0 Å². The molecule has 2 rings (SSSR count). The van der Waals surface area contributed by atoms with Gasteiger partial charge < -0.3 is 5.32 Å². The molecule has 66 valence electrons.